The average molecular weight is 202 g/mol. The van der Waals surface area contributed by atoms with Gasteiger partial charge in [-0.05, 0) is 12.0 Å². The number of anilines is 1. The lowest BCUT2D eigenvalue weighted by molar-refractivity contribution is 0.622. The van der Waals surface area contributed by atoms with Crippen LogP contribution in [0.5, 0.6) is 0 Å². The molecule has 2 aromatic rings. The van der Waals surface area contributed by atoms with E-state index in [1.165, 1.54) is 5.56 Å². The second-order valence-electron chi connectivity index (χ2n) is 3.42. The Labute approximate surface area is 88.7 Å². The van der Waals surface area contributed by atoms with Gasteiger partial charge in [0.1, 0.15) is 0 Å². The maximum Gasteiger partial charge on any atom is 0.169 e. The third-order valence-corrected chi connectivity index (χ3v) is 2.38. The van der Waals surface area contributed by atoms with Crippen LogP contribution in [0.25, 0.3) is 0 Å². The molecule has 0 aliphatic carbocycles. The van der Waals surface area contributed by atoms with Gasteiger partial charge in [-0.2, -0.15) is 0 Å². The van der Waals surface area contributed by atoms with Crippen molar-refractivity contribution in [2.45, 2.75) is 19.9 Å². The fraction of sp³-hybridized carbons (Fsp3) is 0.273. The molecule has 0 bridgehead atoms. The Morgan fingerprint density at radius 3 is 2.67 bits per heavy atom. The lowest BCUT2D eigenvalue weighted by atomic mass is 10.2. The summed E-state index contributed by atoms with van der Waals surface area (Å²) < 4.78 is 1.85. The summed E-state index contributed by atoms with van der Waals surface area (Å²) in [5.41, 5.74) is 7.92. The summed E-state index contributed by atoms with van der Waals surface area (Å²) in [4.78, 5) is 0. The molecule has 1 aromatic carbocycles. The second-order valence-corrected chi connectivity index (χ2v) is 3.42. The minimum Gasteiger partial charge on any atom is -0.381 e. The predicted octanol–water partition coefficient (Wildman–Crippen LogP) is 1.47. The second kappa shape index (κ2) is 4.13. The van der Waals surface area contributed by atoms with Crippen molar-refractivity contribution in [2.75, 3.05) is 5.73 Å². The van der Waals surface area contributed by atoms with Gasteiger partial charge < -0.3 is 5.73 Å². The summed E-state index contributed by atoms with van der Waals surface area (Å²) in [5, 5.41) is 7.90. The average Bonchev–Trinajstić information content (AvgIpc) is 2.61. The molecular weight excluding hydrogens is 188 g/mol. The zero-order valence-corrected chi connectivity index (χ0v) is 8.72. The first kappa shape index (κ1) is 9.71. The Morgan fingerprint density at radius 1 is 1.27 bits per heavy atom. The molecule has 4 nitrogen and oxygen atoms in total. The van der Waals surface area contributed by atoms with Crippen LogP contribution in [0.4, 0.5) is 5.82 Å². The molecule has 0 saturated heterocycles. The first-order valence-corrected chi connectivity index (χ1v) is 5.03. The standard InChI is InChI=1S/C11H14N4/c1-2-10-11(12)13-14-15(10)8-9-6-4-3-5-7-9/h3-7H,2,8,12H2,1H3. The molecule has 0 atom stereocenters. The molecule has 2 rings (SSSR count). The van der Waals surface area contributed by atoms with E-state index in [-0.39, 0.29) is 0 Å². The maximum atomic E-state index is 5.71. The number of nitrogens with zero attached hydrogens (tertiary/aromatic N) is 3. The van der Waals surface area contributed by atoms with Gasteiger partial charge in [0.25, 0.3) is 0 Å². The molecule has 1 heterocycles. The molecule has 0 radical (unpaired) electrons. The molecule has 15 heavy (non-hydrogen) atoms. The van der Waals surface area contributed by atoms with Crippen molar-refractivity contribution >= 4 is 5.82 Å². The van der Waals surface area contributed by atoms with Gasteiger partial charge in [0.15, 0.2) is 5.82 Å². The molecule has 0 fully saturated rings. The van der Waals surface area contributed by atoms with E-state index in [0.717, 1.165) is 18.7 Å². The van der Waals surface area contributed by atoms with E-state index in [1.54, 1.807) is 0 Å². The molecule has 2 N–H and O–H groups in total. The predicted molar refractivity (Wildman–Crippen MR) is 59.4 cm³/mol. The maximum absolute atomic E-state index is 5.71. The highest BCUT2D eigenvalue weighted by atomic mass is 15.4. The zero-order chi connectivity index (χ0) is 10.7. The molecule has 0 unspecified atom stereocenters. The van der Waals surface area contributed by atoms with Crippen LogP contribution >= 0.6 is 0 Å². The zero-order valence-electron chi connectivity index (χ0n) is 8.72. The third kappa shape index (κ3) is 1.98. The Morgan fingerprint density at radius 2 is 2.00 bits per heavy atom. The highest BCUT2D eigenvalue weighted by Gasteiger charge is 2.07. The summed E-state index contributed by atoms with van der Waals surface area (Å²) in [6, 6.07) is 10.2. The Balaban J connectivity index is 2.25. The largest absolute Gasteiger partial charge is 0.381 e. The molecule has 0 spiro atoms. The van der Waals surface area contributed by atoms with Gasteiger partial charge in [0, 0.05) is 0 Å². The summed E-state index contributed by atoms with van der Waals surface area (Å²) in [6.07, 6.45) is 0.853. The van der Waals surface area contributed by atoms with E-state index in [4.69, 9.17) is 5.73 Å². The summed E-state index contributed by atoms with van der Waals surface area (Å²) in [7, 11) is 0. The van der Waals surface area contributed by atoms with Crippen molar-refractivity contribution in [1.82, 2.24) is 15.0 Å². The lowest BCUT2D eigenvalue weighted by Crippen LogP contribution is -2.06. The van der Waals surface area contributed by atoms with Crippen LogP contribution in [0, 0.1) is 0 Å². The number of benzene rings is 1. The van der Waals surface area contributed by atoms with Gasteiger partial charge in [-0.15, -0.1) is 5.10 Å². The van der Waals surface area contributed by atoms with Crippen LogP contribution in [0.3, 0.4) is 0 Å². The normalized spacial score (nSPS) is 10.5. The van der Waals surface area contributed by atoms with Crippen LogP contribution < -0.4 is 5.73 Å². The van der Waals surface area contributed by atoms with Crippen molar-refractivity contribution in [3.05, 3.63) is 41.6 Å². The lowest BCUT2D eigenvalue weighted by Gasteiger charge is -2.04. The SMILES string of the molecule is CCc1c(N)nnn1Cc1ccccc1. The molecular formula is C11H14N4. The summed E-state index contributed by atoms with van der Waals surface area (Å²) >= 11 is 0. The Kier molecular flexibility index (Phi) is 2.67. The Bertz CT molecular complexity index is 433. The number of hydrogen-bond donors (Lipinski definition) is 1. The van der Waals surface area contributed by atoms with Gasteiger partial charge in [-0.1, -0.05) is 42.5 Å². The number of nitrogens with two attached hydrogens (primary N) is 1. The first-order chi connectivity index (χ1) is 7.31. The van der Waals surface area contributed by atoms with Crippen LogP contribution in [0.15, 0.2) is 30.3 Å². The van der Waals surface area contributed by atoms with Crippen LogP contribution in [-0.2, 0) is 13.0 Å². The topological polar surface area (TPSA) is 56.7 Å². The van der Waals surface area contributed by atoms with Crippen molar-refractivity contribution in [1.29, 1.82) is 0 Å². The van der Waals surface area contributed by atoms with Gasteiger partial charge in [-0.25, -0.2) is 4.68 Å². The number of hydrogen-bond acceptors (Lipinski definition) is 3. The third-order valence-electron chi connectivity index (χ3n) is 2.38. The van der Waals surface area contributed by atoms with Gasteiger partial charge in [0.05, 0.1) is 12.2 Å². The van der Waals surface area contributed by atoms with Crippen molar-refractivity contribution in [3.63, 3.8) is 0 Å². The highest BCUT2D eigenvalue weighted by Crippen LogP contribution is 2.10. The van der Waals surface area contributed by atoms with E-state index in [2.05, 4.69) is 29.4 Å². The van der Waals surface area contributed by atoms with Crippen molar-refractivity contribution in [3.8, 4) is 0 Å². The first-order valence-electron chi connectivity index (χ1n) is 5.03. The molecule has 1 aromatic heterocycles. The minimum atomic E-state index is 0.536. The minimum absolute atomic E-state index is 0.536. The van der Waals surface area contributed by atoms with Crippen LogP contribution in [-0.4, -0.2) is 15.0 Å². The van der Waals surface area contributed by atoms with E-state index in [9.17, 15) is 0 Å². The molecule has 0 saturated carbocycles. The summed E-state index contributed by atoms with van der Waals surface area (Å²) in [6.45, 7) is 2.78. The fourth-order valence-corrected chi connectivity index (χ4v) is 1.59. The number of aromatic nitrogens is 3. The van der Waals surface area contributed by atoms with Crippen LogP contribution in [0.1, 0.15) is 18.2 Å². The van der Waals surface area contributed by atoms with E-state index in [1.807, 2.05) is 22.9 Å². The highest BCUT2D eigenvalue weighted by molar-refractivity contribution is 5.33. The van der Waals surface area contributed by atoms with Crippen LogP contribution in [0.2, 0.25) is 0 Å². The van der Waals surface area contributed by atoms with E-state index in [0.29, 0.717) is 5.82 Å². The Hall–Kier alpha value is -1.84. The molecule has 0 aliphatic heterocycles. The van der Waals surface area contributed by atoms with Crippen molar-refractivity contribution in [2.24, 2.45) is 0 Å². The van der Waals surface area contributed by atoms with E-state index >= 15 is 0 Å². The molecule has 0 amide bonds. The monoisotopic (exact) mass is 202 g/mol. The smallest absolute Gasteiger partial charge is 0.169 e. The van der Waals surface area contributed by atoms with Gasteiger partial charge in [0.2, 0.25) is 0 Å². The molecule has 4 heteroatoms. The molecule has 78 valence electrons. The van der Waals surface area contributed by atoms with E-state index < -0.39 is 0 Å². The number of rotatable bonds is 3. The summed E-state index contributed by atoms with van der Waals surface area (Å²) in [5.74, 6) is 0.536. The number of nitrogen functional groups attached to an aromatic ring is 1. The molecule has 0 aliphatic rings. The van der Waals surface area contributed by atoms with Gasteiger partial charge in [-0.3, -0.25) is 0 Å². The quantitative estimate of drug-likeness (QED) is 0.820. The van der Waals surface area contributed by atoms with Gasteiger partial charge >= 0.3 is 0 Å². The fourth-order valence-electron chi connectivity index (χ4n) is 1.59. The van der Waals surface area contributed by atoms with Crippen molar-refractivity contribution < 1.29 is 0 Å².